The number of nitrogens with two attached hydrogens (primary N) is 1. The van der Waals surface area contributed by atoms with Crippen molar-refractivity contribution in [3.05, 3.63) is 23.9 Å². The first kappa shape index (κ1) is 13.4. The van der Waals surface area contributed by atoms with E-state index in [0.717, 1.165) is 0 Å². The molecule has 0 bridgehead atoms. The lowest BCUT2D eigenvalue weighted by atomic mass is 10.1. The molecule has 1 unspecified atom stereocenters. The molecular formula is C12H19N3O2. The van der Waals surface area contributed by atoms with E-state index >= 15 is 0 Å². The maximum absolute atomic E-state index is 11.1. The zero-order valence-electron chi connectivity index (χ0n) is 10.4. The highest BCUT2D eigenvalue weighted by Crippen LogP contribution is 2.24. The van der Waals surface area contributed by atoms with Crippen LogP contribution in [0.5, 0.6) is 0 Å². The Hall–Kier alpha value is -1.62. The van der Waals surface area contributed by atoms with E-state index in [-0.39, 0.29) is 12.6 Å². The number of aliphatic hydroxyl groups is 1. The van der Waals surface area contributed by atoms with Crippen molar-refractivity contribution in [3.8, 4) is 0 Å². The van der Waals surface area contributed by atoms with Gasteiger partial charge in [0.2, 0.25) is 5.91 Å². The molecule has 0 aliphatic carbocycles. The topological polar surface area (TPSA) is 79.5 Å². The lowest BCUT2D eigenvalue weighted by molar-refractivity contribution is -0.116. The number of pyridine rings is 1. The number of amides is 1. The van der Waals surface area contributed by atoms with Crippen molar-refractivity contribution in [1.82, 2.24) is 4.98 Å². The third-order valence-corrected chi connectivity index (χ3v) is 2.49. The van der Waals surface area contributed by atoms with Crippen molar-refractivity contribution in [1.29, 1.82) is 0 Å². The molecule has 5 nitrogen and oxygen atoms in total. The molecule has 1 heterocycles. The van der Waals surface area contributed by atoms with Gasteiger partial charge in [-0.2, -0.15) is 0 Å². The van der Waals surface area contributed by atoms with Crippen LogP contribution < -0.4 is 10.6 Å². The SMILES string of the molecule is CC(O)c1cccnc1N(CC(N)=O)C(C)C. The molecule has 94 valence electrons. The van der Waals surface area contributed by atoms with E-state index in [9.17, 15) is 9.90 Å². The molecule has 1 amide bonds. The van der Waals surface area contributed by atoms with Crippen LogP contribution in [-0.2, 0) is 4.79 Å². The Balaban J connectivity index is 3.13. The predicted molar refractivity (Wildman–Crippen MR) is 66.5 cm³/mol. The molecule has 5 heteroatoms. The molecule has 1 atom stereocenters. The van der Waals surface area contributed by atoms with E-state index in [4.69, 9.17) is 5.73 Å². The molecule has 0 saturated carbocycles. The Labute approximate surface area is 101 Å². The second-order valence-electron chi connectivity index (χ2n) is 4.28. The average molecular weight is 237 g/mol. The summed E-state index contributed by atoms with van der Waals surface area (Å²) in [4.78, 5) is 17.1. The van der Waals surface area contributed by atoms with Crippen LogP contribution in [0.1, 0.15) is 32.4 Å². The number of aliphatic hydroxyl groups excluding tert-OH is 1. The number of nitrogens with zero attached hydrogens (tertiary/aromatic N) is 2. The van der Waals surface area contributed by atoms with Gasteiger partial charge in [0.05, 0.1) is 12.6 Å². The number of carbonyl (C=O) groups excluding carboxylic acids is 1. The van der Waals surface area contributed by atoms with E-state index in [1.807, 2.05) is 13.8 Å². The standard InChI is InChI=1S/C12H19N3O2/c1-8(2)15(7-11(13)17)12-10(9(3)16)5-4-6-14-12/h4-6,8-9,16H,7H2,1-3H3,(H2,13,17). The van der Waals surface area contributed by atoms with E-state index < -0.39 is 12.0 Å². The molecule has 1 aromatic heterocycles. The minimum absolute atomic E-state index is 0.0786. The maximum Gasteiger partial charge on any atom is 0.237 e. The van der Waals surface area contributed by atoms with Crippen LogP contribution in [0.25, 0.3) is 0 Å². The molecule has 0 aliphatic rings. The van der Waals surface area contributed by atoms with Gasteiger partial charge in [0.25, 0.3) is 0 Å². The number of carbonyl (C=O) groups is 1. The summed E-state index contributed by atoms with van der Waals surface area (Å²) in [5.41, 5.74) is 5.92. The quantitative estimate of drug-likeness (QED) is 0.795. The fourth-order valence-electron chi connectivity index (χ4n) is 1.65. The van der Waals surface area contributed by atoms with E-state index in [2.05, 4.69) is 4.98 Å². The number of primary amides is 1. The van der Waals surface area contributed by atoms with Crippen molar-refractivity contribution in [2.75, 3.05) is 11.4 Å². The van der Waals surface area contributed by atoms with Gasteiger partial charge in [0, 0.05) is 17.8 Å². The van der Waals surface area contributed by atoms with Gasteiger partial charge >= 0.3 is 0 Å². The zero-order valence-corrected chi connectivity index (χ0v) is 10.4. The second kappa shape index (κ2) is 5.63. The molecule has 1 aromatic rings. The van der Waals surface area contributed by atoms with E-state index in [1.165, 1.54) is 0 Å². The Morgan fingerprint density at radius 2 is 2.18 bits per heavy atom. The number of hydrogen-bond acceptors (Lipinski definition) is 4. The van der Waals surface area contributed by atoms with Gasteiger partial charge in [-0.3, -0.25) is 4.79 Å². The normalized spacial score (nSPS) is 12.5. The Kier molecular flexibility index (Phi) is 4.45. The monoisotopic (exact) mass is 237 g/mol. The Morgan fingerprint density at radius 3 is 2.65 bits per heavy atom. The fraction of sp³-hybridized carbons (Fsp3) is 0.500. The molecule has 0 spiro atoms. The smallest absolute Gasteiger partial charge is 0.237 e. The first-order valence-corrected chi connectivity index (χ1v) is 5.61. The minimum Gasteiger partial charge on any atom is -0.389 e. The molecule has 1 rings (SSSR count). The predicted octanol–water partition coefficient (Wildman–Crippen LogP) is 0.835. The van der Waals surface area contributed by atoms with Gasteiger partial charge in [-0.15, -0.1) is 0 Å². The molecule has 3 N–H and O–H groups in total. The van der Waals surface area contributed by atoms with Crippen LogP contribution in [0.4, 0.5) is 5.82 Å². The van der Waals surface area contributed by atoms with Gasteiger partial charge < -0.3 is 15.7 Å². The number of hydrogen-bond donors (Lipinski definition) is 2. The molecule has 0 aromatic carbocycles. The largest absolute Gasteiger partial charge is 0.389 e. The van der Waals surface area contributed by atoms with Gasteiger partial charge in [0.15, 0.2) is 0 Å². The molecule has 17 heavy (non-hydrogen) atoms. The minimum atomic E-state index is -0.632. The average Bonchev–Trinajstić information content (AvgIpc) is 2.25. The van der Waals surface area contributed by atoms with Crippen molar-refractivity contribution in [2.45, 2.75) is 32.9 Å². The van der Waals surface area contributed by atoms with Gasteiger partial charge in [-0.25, -0.2) is 4.98 Å². The van der Waals surface area contributed by atoms with Crippen LogP contribution in [0.3, 0.4) is 0 Å². The molecule has 0 fully saturated rings. The van der Waals surface area contributed by atoms with Gasteiger partial charge in [-0.05, 0) is 26.8 Å². The highest BCUT2D eigenvalue weighted by molar-refractivity contribution is 5.79. The summed E-state index contributed by atoms with van der Waals surface area (Å²) in [5.74, 6) is 0.192. The molecule has 0 aliphatic heterocycles. The number of anilines is 1. The van der Waals surface area contributed by atoms with Gasteiger partial charge in [-0.1, -0.05) is 6.07 Å². The van der Waals surface area contributed by atoms with Crippen molar-refractivity contribution in [2.24, 2.45) is 5.73 Å². The highest BCUT2D eigenvalue weighted by atomic mass is 16.3. The van der Waals surface area contributed by atoms with Crippen LogP contribution in [-0.4, -0.2) is 28.6 Å². The summed E-state index contributed by atoms with van der Waals surface area (Å²) in [6, 6.07) is 3.63. The Bertz CT molecular complexity index is 391. The molecule has 0 radical (unpaired) electrons. The third kappa shape index (κ3) is 3.42. The second-order valence-corrected chi connectivity index (χ2v) is 4.28. The summed E-state index contributed by atoms with van der Waals surface area (Å²) in [6.07, 6.45) is 1.00. The lowest BCUT2D eigenvalue weighted by Gasteiger charge is -2.28. The summed E-state index contributed by atoms with van der Waals surface area (Å²) >= 11 is 0. The number of aromatic nitrogens is 1. The lowest BCUT2D eigenvalue weighted by Crippen LogP contribution is -2.39. The summed E-state index contributed by atoms with van der Waals surface area (Å²) in [7, 11) is 0. The highest BCUT2D eigenvalue weighted by Gasteiger charge is 2.19. The first-order valence-electron chi connectivity index (χ1n) is 5.61. The summed E-state index contributed by atoms with van der Waals surface area (Å²) < 4.78 is 0. The van der Waals surface area contributed by atoms with Gasteiger partial charge in [0.1, 0.15) is 5.82 Å². The van der Waals surface area contributed by atoms with Crippen molar-refractivity contribution >= 4 is 11.7 Å². The van der Waals surface area contributed by atoms with Crippen molar-refractivity contribution in [3.63, 3.8) is 0 Å². The first-order chi connectivity index (χ1) is 7.93. The van der Waals surface area contributed by atoms with E-state index in [1.54, 1.807) is 30.2 Å². The molecular weight excluding hydrogens is 218 g/mol. The Morgan fingerprint density at radius 1 is 1.53 bits per heavy atom. The van der Waals surface area contributed by atoms with Crippen LogP contribution >= 0.6 is 0 Å². The van der Waals surface area contributed by atoms with Crippen LogP contribution in [0, 0.1) is 0 Å². The summed E-state index contributed by atoms with van der Waals surface area (Å²) in [5, 5.41) is 9.69. The molecule has 0 saturated heterocycles. The zero-order chi connectivity index (χ0) is 13.0. The number of rotatable bonds is 5. The summed E-state index contributed by atoms with van der Waals surface area (Å²) in [6.45, 7) is 5.66. The fourth-order valence-corrected chi connectivity index (χ4v) is 1.65. The van der Waals surface area contributed by atoms with Crippen LogP contribution in [0.2, 0.25) is 0 Å². The van der Waals surface area contributed by atoms with E-state index in [0.29, 0.717) is 11.4 Å². The van der Waals surface area contributed by atoms with Crippen LogP contribution in [0.15, 0.2) is 18.3 Å². The van der Waals surface area contributed by atoms with Crippen molar-refractivity contribution < 1.29 is 9.90 Å². The third-order valence-electron chi connectivity index (χ3n) is 2.49. The maximum atomic E-state index is 11.1.